The predicted octanol–water partition coefficient (Wildman–Crippen LogP) is 2.29. The van der Waals surface area contributed by atoms with Gasteiger partial charge in [0.25, 0.3) is 5.91 Å². The standard InChI is InChI=1S/C19H26N2O5/c1-19(2,3)26-18(23)21-10-9-13(11-21)20(4)17(22)16-12-24-14-7-5-6-8-15(14)25-16/h5-8,13,16H,9-12H2,1-4H3/t13-,16-/m0/s1. The van der Waals surface area contributed by atoms with Crippen molar-refractivity contribution in [2.75, 3.05) is 26.7 Å². The molecule has 0 radical (unpaired) electrons. The summed E-state index contributed by atoms with van der Waals surface area (Å²) >= 11 is 0. The van der Waals surface area contributed by atoms with E-state index in [1.165, 1.54) is 0 Å². The first kappa shape index (κ1) is 18.4. The van der Waals surface area contributed by atoms with Crippen LogP contribution in [0.4, 0.5) is 4.79 Å². The number of fused-ring (bicyclic) bond motifs is 1. The van der Waals surface area contributed by atoms with Gasteiger partial charge < -0.3 is 24.0 Å². The summed E-state index contributed by atoms with van der Waals surface area (Å²) < 4.78 is 16.8. The summed E-state index contributed by atoms with van der Waals surface area (Å²) in [6.07, 6.45) is -0.302. The molecule has 2 heterocycles. The molecule has 0 bridgehead atoms. The molecule has 0 unspecified atom stereocenters. The van der Waals surface area contributed by atoms with Crippen LogP contribution >= 0.6 is 0 Å². The highest BCUT2D eigenvalue weighted by Gasteiger charge is 2.37. The van der Waals surface area contributed by atoms with Gasteiger partial charge in [0.2, 0.25) is 6.10 Å². The molecule has 0 aliphatic carbocycles. The molecule has 26 heavy (non-hydrogen) atoms. The van der Waals surface area contributed by atoms with Crippen LogP contribution in [0.5, 0.6) is 11.5 Å². The number of rotatable bonds is 2. The minimum Gasteiger partial charge on any atom is -0.485 e. The van der Waals surface area contributed by atoms with E-state index in [4.69, 9.17) is 14.2 Å². The second-order valence-corrected chi connectivity index (χ2v) is 7.68. The SMILES string of the molecule is CN(C(=O)[C@@H]1COc2ccccc2O1)[C@H]1CCN(C(=O)OC(C)(C)C)C1. The molecule has 2 aliphatic heterocycles. The van der Waals surface area contributed by atoms with E-state index in [0.717, 1.165) is 0 Å². The summed E-state index contributed by atoms with van der Waals surface area (Å²) in [5.74, 6) is 1.08. The molecule has 1 aromatic rings. The quantitative estimate of drug-likeness (QED) is 0.807. The Morgan fingerprint density at radius 2 is 1.92 bits per heavy atom. The molecule has 3 rings (SSSR count). The number of para-hydroxylation sites is 2. The van der Waals surface area contributed by atoms with E-state index >= 15 is 0 Å². The molecule has 2 aliphatic rings. The number of carbonyl (C=O) groups is 2. The number of benzene rings is 1. The molecule has 2 amide bonds. The molecule has 2 atom stereocenters. The molecule has 1 saturated heterocycles. The molecule has 0 aromatic heterocycles. The molecular weight excluding hydrogens is 336 g/mol. The lowest BCUT2D eigenvalue weighted by atomic mass is 10.2. The maximum absolute atomic E-state index is 12.8. The van der Waals surface area contributed by atoms with E-state index in [1.807, 2.05) is 39.0 Å². The average molecular weight is 362 g/mol. The van der Waals surface area contributed by atoms with Gasteiger partial charge in [-0.25, -0.2) is 4.79 Å². The maximum Gasteiger partial charge on any atom is 0.410 e. The Morgan fingerprint density at radius 3 is 2.62 bits per heavy atom. The lowest BCUT2D eigenvalue weighted by molar-refractivity contribution is -0.141. The highest BCUT2D eigenvalue weighted by Crippen LogP contribution is 2.31. The van der Waals surface area contributed by atoms with E-state index < -0.39 is 11.7 Å². The number of hydrogen-bond donors (Lipinski definition) is 0. The molecular formula is C19H26N2O5. The Kier molecular flexibility index (Phi) is 4.98. The van der Waals surface area contributed by atoms with Crippen molar-refractivity contribution in [1.29, 1.82) is 0 Å². The number of amides is 2. The monoisotopic (exact) mass is 362 g/mol. The molecule has 0 N–H and O–H groups in total. The van der Waals surface area contributed by atoms with Crippen molar-refractivity contribution in [3.05, 3.63) is 24.3 Å². The van der Waals surface area contributed by atoms with Gasteiger partial charge in [0, 0.05) is 20.1 Å². The van der Waals surface area contributed by atoms with Crippen molar-refractivity contribution in [1.82, 2.24) is 9.80 Å². The fourth-order valence-electron chi connectivity index (χ4n) is 3.10. The van der Waals surface area contributed by atoms with Gasteiger partial charge in [-0.3, -0.25) is 4.79 Å². The third-order valence-electron chi connectivity index (χ3n) is 4.49. The number of likely N-dealkylation sites (tertiary alicyclic amines) is 1. The Bertz CT molecular complexity index is 685. The Morgan fingerprint density at radius 1 is 1.23 bits per heavy atom. The Labute approximate surface area is 153 Å². The van der Waals surface area contributed by atoms with Crippen LogP contribution in [0.1, 0.15) is 27.2 Å². The van der Waals surface area contributed by atoms with Crippen molar-refractivity contribution in [3.63, 3.8) is 0 Å². The highest BCUT2D eigenvalue weighted by atomic mass is 16.6. The zero-order valence-corrected chi connectivity index (χ0v) is 15.7. The summed E-state index contributed by atoms with van der Waals surface area (Å²) in [5, 5.41) is 0. The van der Waals surface area contributed by atoms with Crippen LogP contribution in [-0.2, 0) is 9.53 Å². The first-order valence-electron chi connectivity index (χ1n) is 8.87. The summed E-state index contributed by atoms with van der Waals surface area (Å²) in [6, 6.07) is 7.24. The van der Waals surface area contributed by atoms with Crippen molar-refractivity contribution in [3.8, 4) is 11.5 Å². The molecule has 7 nitrogen and oxygen atoms in total. The third-order valence-corrected chi connectivity index (χ3v) is 4.49. The lowest BCUT2D eigenvalue weighted by Crippen LogP contribution is -2.49. The number of hydrogen-bond acceptors (Lipinski definition) is 5. The van der Waals surface area contributed by atoms with E-state index in [2.05, 4.69) is 0 Å². The first-order valence-corrected chi connectivity index (χ1v) is 8.87. The van der Waals surface area contributed by atoms with Gasteiger partial charge in [-0.1, -0.05) is 12.1 Å². The van der Waals surface area contributed by atoms with Gasteiger partial charge in [-0.05, 0) is 39.3 Å². The van der Waals surface area contributed by atoms with Crippen molar-refractivity contribution < 1.29 is 23.8 Å². The predicted molar refractivity (Wildman–Crippen MR) is 95.3 cm³/mol. The van der Waals surface area contributed by atoms with Crippen LogP contribution in [0.3, 0.4) is 0 Å². The van der Waals surface area contributed by atoms with Crippen molar-refractivity contribution >= 4 is 12.0 Å². The lowest BCUT2D eigenvalue weighted by Gasteiger charge is -2.31. The van der Waals surface area contributed by atoms with E-state index in [1.54, 1.807) is 22.9 Å². The fourth-order valence-corrected chi connectivity index (χ4v) is 3.10. The van der Waals surface area contributed by atoms with Gasteiger partial charge in [0.15, 0.2) is 11.5 Å². The molecule has 0 spiro atoms. The van der Waals surface area contributed by atoms with Gasteiger partial charge in [-0.2, -0.15) is 0 Å². The smallest absolute Gasteiger partial charge is 0.410 e. The summed E-state index contributed by atoms with van der Waals surface area (Å²) in [6.45, 7) is 6.73. The zero-order valence-electron chi connectivity index (χ0n) is 15.7. The molecule has 7 heteroatoms. The third kappa shape index (κ3) is 4.03. The van der Waals surface area contributed by atoms with Crippen LogP contribution in [0.25, 0.3) is 0 Å². The topological polar surface area (TPSA) is 68.3 Å². The molecule has 1 aromatic carbocycles. The van der Waals surface area contributed by atoms with Crippen LogP contribution in [0, 0.1) is 0 Å². The number of likely N-dealkylation sites (N-methyl/N-ethyl adjacent to an activating group) is 1. The first-order chi connectivity index (χ1) is 12.2. The van der Waals surface area contributed by atoms with Crippen molar-refractivity contribution in [2.24, 2.45) is 0 Å². The minimum atomic E-state index is -0.675. The largest absolute Gasteiger partial charge is 0.485 e. The Balaban J connectivity index is 1.57. The maximum atomic E-state index is 12.8. The fraction of sp³-hybridized carbons (Fsp3) is 0.579. The van der Waals surface area contributed by atoms with Gasteiger partial charge in [-0.15, -0.1) is 0 Å². The van der Waals surface area contributed by atoms with Crippen LogP contribution in [0.15, 0.2) is 24.3 Å². The average Bonchev–Trinajstić information content (AvgIpc) is 3.09. The molecule has 1 fully saturated rings. The second-order valence-electron chi connectivity index (χ2n) is 7.68. The summed E-state index contributed by atoms with van der Waals surface area (Å²) in [7, 11) is 1.75. The van der Waals surface area contributed by atoms with Gasteiger partial charge >= 0.3 is 6.09 Å². The van der Waals surface area contributed by atoms with Crippen molar-refractivity contribution in [2.45, 2.75) is 44.9 Å². The summed E-state index contributed by atoms with van der Waals surface area (Å²) in [5.41, 5.74) is -0.530. The van der Waals surface area contributed by atoms with E-state index in [-0.39, 0.29) is 24.6 Å². The van der Waals surface area contributed by atoms with E-state index in [9.17, 15) is 9.59 Å². The number of ether oxygens (including phenoxy) is 3. The number of nitrogens with zero attached hydrogens (tertiary/aromatic N) is 2. The van der Waals surface area contributed by atoms with Gasteiger partial charge in [0.05, 0.1) is 6.04 Å². The second kappa shape index (κ2) is 7.05. The van der Waals surface area contributed by atoms with E-state index in [0.29, 0.717) is 31.0 Å². The number of carbonyl (C=O) groups excluding carboxylic acids is 2. The van der Waals surface area contributed by atoms with Crippen LogP contribution in [0.2, 0.25) is 0 Å². The normalized spacial score (nSPS) is 22.1. The summed E-state index contributed by atoms with van der Waals surface area (Å²) in [4.78, 5) is 28.3. The molecule has 142 valence electrons. The van der Waals surface area contributed by atoms with Gasteiger partial charge in [0.1, 0.15) is 12.2 Å². The van der Waals surface area contributed by atoms with Crippen LogP contribution < -0.4 is 9.47 Å². The molecule has 0 saturated carbocycles. The highest BCUT2D eigenvalue weighted by molar-refractivity contribution is 5.82. The van der Waals surface area contributed by atoms with Crippen LogP contribution in [-0.4, -0.2) is 66.3 Å². The minimum absolute atomic E-state index is 0.0595. The zero-order chi connectivity index (χ0) is 18.9. The Hall–Kier alpha value is -2.44.